The smallest absolute Gasteiger partial charge is 0.0121 e. The fourth-order valence-electron chi connectivity index (χ4n) is 3.01. The summed E-state index contributed by atoms with van der Waals surface area (Å²) >= 11 is 0. The fraction of sp³-hybridized carbons (Fsp3) is 1.00. The molecule has 4 atom stereocenters. The van der Waals surface area contributed by atoms with Gasteiger partial charge in [0.15, 0.2) is 0 Å². The molecule has 0 bridgehead atoms. The Morgan fingerprint density at radius 2 is 1.79 bits per heavy atom. The van der Waals surface area contributed by atoms with Crippen LogP contribution in [0.25, 0.3) is 0 Å². The predicted octanol–water partition coefficient (Wildman–Crippen LogP) is 3.19. The predicted molar refractivity (Wildman–Crippen MR) is 61.0 cm³/mol. The Balaban J connectivity index is 1.92. The summed E-state index contributed by atoms with van der Waals surface area (Å²) in [5.41, 5.74) is 6.91. The molecule has 1 heteroatoms. The maximum Gasteiger partial charge on any atom is 0.0121 e. The summed E-state index contributed by atoms with van der Waals surface area (Å²) in [6, 6.07) is 0.484. The van der Waals surface area contributed by atoms with E-state index in [-0.39, 0.29) is 0 Å². The van der Waals surface area contributed by atoms with Crippen LogP contribution >= 0.6 is 0 Å². The van der Waals surface area contributed by atoms with Gasteiger partial charge in [-0.1, -0.05) is 27.2 Å². The van der Waals surface area contributed by atoms with Crippen LogP contribution in [0, 0.1) is 23.2 Å². The number of nitrogens with two attached hydrogens (primary N) is 1. The second kappa shape index (κ2) is 3.52. The Kier molecular flexibility index (Phi) is 2.63. The quantitative estimate of drug-likeness (QED) is 0.719. The first-order valence-corrected chi connectivity index (χ1v) is 6.28. The Morgan fingerprint density at radius 3 is 2.29 bits per heavy atom. The summed E-state index contributed by atoms with van der Waals surface area (Å²) in [5.74, 6) is 2.63. The van der Waals surface area contributed by atoms with E-state index in [0.29, 0.717) is 11.5 Å². The van der Waals surface area contributed by atoms with Crippen molar-refractivity contribution in [2.24, 2.45) is 28.9 Å². The molecule has 1 nitrogen and oxygen atoms in total. The zero-order valence-corrected chi connectivity index (χ0v) is 9.92. The van der Waals surface area contributed by atoms with E-state index in [1.807, 2.05) is 0 Å². The van der Waals surface area contributed by atoms with Gasteiger partial charge in [-0.15, -0.1) is 0 Å². The minimum atomic E-state index is 0.484. The molecule has 0 aromatic heterocycles. The van der Waals surface area contributed by atoms with Gasteiger partial charge in [-0.2, -0.15) is 0 Å². The van der Waals surface area contributed by atoms with Gasteiger partial charge in [-0.25, -0.2) is 0 Å². The molecule has 2 fully saturated rings. The van der Waals surface area contributed by atoms with Gasteiger partial charge in [0.25, 0.3) is 0 Å². The van der Waals surface area contributed by atoms with Crippen molar-refractivity contribution in [2.75, 3.05) is 0 Å². The molecule has 82 valence electrons. The minimum Gasteiger partial charge on any atom is -0.327 e. The lowest BCUT2D eigenvalue weighted by molar-refractivity contribution is 0.158. The van der Waals surface area contributed by atoms with Crippen molar-refractivity contribution >= 4 is 0 Å². The Morgan fingerprint density at radius 1 is 1.14 bits per heavy atom. The average molecular weight is 195 g/mol. The summed E-state index contributed by atoms with van der Waals surface area (Å²) in [6.45, 7) is 7.17. The van der Waals surface area contributed by atoms with Crippen molar-refractivity contribution in [3.05, 3.63) is 0 Å². The zero-order chi connectivity index (χ0) is 10.3. The van der Waals surface area contributed by atoms with E-state index in [4.69, 9.17) is 5.73 Å². The third kappa shape index (κ3) is 1.84. The van der Waals surface area contributed by atoms with Gasteiger partial charge in [-0.3, -0.25) is 0 Å². The van der Waals surface area contributed by atoms with Crippen molar-refractivity contribution in [1.82, 2.24) is 0 Å². The molecule has 0 radical (unpaired) electrons. The number of hydrogen-bond acceptors (Lipinski definition) is 1. The van der Waals surface area contributed by atoms with Crippen LogP contribution in [0.15, 0.2) is 0 Å². The van der Waals surface area contributed by atoms with E-state index in [0.717, 1.165) is 17.8 Å². The molecule has 2 N–H and O–H groups in total. The molecule has 0 aliphatic heterocycles. The number of rotatable bonds is 2. The summed E-state index contributed by atoms with van der Waals surface area (Å²) in [6.07, 6.45) is 6.89. The molecule has 14 heavy (non-hydrogen) atoms. The van der Waals surface area contributed by atoms with Gasteiger partial charge in [0.05, 0.1) is 0 Å². The first-order chi connectivity index (χ1) is 6.53. The van der Waals surface area contributed by atoms with Crippen molar-refractivity contribution in [1.29, 1.82) is 0 Å². The lowest BCUT2D eigenvalue weighted by atomic mass is 9.70. The van der Waals surface area contributed by atoms with Crippen molar-refractivity contribution in [3.8, 4) is 0 Å². The monoisotopic (exact) mass is 195 g/mol. The molecule has 0 aromatic carbocycles. The molecular weight excluding hydrogens is 170 g/mol. The second-order valence-corrected chi connectivity index (χ2v) is 6.21. The molecule has 0 aromatic rings. The van der Waals surface area contributed by atoms with Crippen LogP contribution in [0.2, 0.25) is 0 Å². The number of hydrogen-bond donors (Lipinski definition) is 1. The summed E-state index contributed by atoms with van der Waals surface area (Å²) in [4.78, 5) is 0. The van der Waals surface area contributed by atoms with Gasteiger partial charge in [0.2, 0.25) is 0 Å². The zero-order valence-electron chi connectivity index (χ0n) is 9.92. The topological polar surface area (TPSA) is 26.0 Å². The maximum atomic E-state index is 6.40. The lowest BCUT2D eigenvalue weighted by Crippen LogP contribution is -2.41. The van der Waals surface area contributed by atoms with E-state index >= 15 is 0 Å². The Bertz CT molecular complexity index is 207. The average Bonchev–Trinajstić information content (AvgIpc) is 2.89. The van der Waals surface area contributed by atoms with E-state index in [1.165, 1.54) is 32.1 Å². The third-order valence-electron chi connectivity index (χ3n) is 4.99. The Labute approximate surface area is 88.4 Å². The highest BCUT2D eigenvalue weighted by Crippen LogP contribution is 2.51. The van der Waals surface area contributed by atoms with Crippen LogP contribution in [-0.4, -0.2) is 6.04 Å². The highest BCUT2D eigenvalue weighted by Gasteiger charge is 2.46. The van der Waals surface area contributed by atoms with Crippen molar-refractivity contribution < 1.29 is 0 Å². The molecule has 0 spiro atoms. The van der Waals surface area contributed by atoms with Gasteiger partial charge in [0, 0.05) is 6.04 Å². The van der Waals surface area contributed by atoms with Crippen molar-refractivity contribution in [3.63, 3.8) is 0 Å². The van der Waals surface area contributed by atoms with Crippen molar-refractivity contribution in [2.45, 2.75) is 58.9 Å². The first-order valence-electron chi connectivity index (χ1n) is 6.28. The SMILES string of the molecule is CC1CCC(C(N)C2(C)CC2)CC1C. The molecule has 2 aliphatic carbocycles. The van der Waals surface area contributed by atoms with Crippen LogP contribution in [0.3, 0.4) is 0 Å². The molecule has 0 amide bonds. The maximum absolute atomic E-state index is 6.40. The highest BCUT2D eigenvalue weighted by atomic mass is 14.8. The third-order valence-corrected chi connectivity index (χ3v) is 4.99. The van der Waals surface area contributed by atoms with Crippen LogP contribution in [-0.2, 0) is 0 Å². The second-order valence-electron chi connectivity index (χ2n) is 6.21. The van der Waals surface area contributed by atoms with E-state index in [2.05, 4.69) is 20.8 Å². The molecule has 2 saturated carbocycles. The summed E-state index contributed by atoms with van der Waals surface area (Å²) in [7, 11) is 0. The molecular formula is C13H25N. The van der Waals surface area contributed by atoms with E-state index < -0.39 is 0 Å². The lowest BCUT2D eigenvalue weighted by Gasteiger charge is -2.37. The molecule has 2 aliphatic rings. The van der Waals surface area contributed by atoms with Crippen LogP contribution in [0.4, 0.5) is 0 Å². The standard InChI is InChI=1S/C13H25N/c1-9-4-5-11(8-10(9)2)12(14)13(3)6-7-13/h9-12H,4-8,14H2,1-3H3. The molecule has 2 rings (SSSR count). The molecule has 0 heterocycles. The molecule has 4 unspecified atom stereocenters. The van der Waals surface area contributed by atoms with Gasteiger partial charge in [-0.05, 0) is 48.9 Å². The van der Waals surface area contributed by atoms with Crippen LogP contribution < -0.4 is 5.73 Å². The normalized spacial score (nSPS) is 43.3. The van der Waals surface area contributed by atoms with Gasteiger partial charge in [0.1, 0.15) is 0 Å². The largest absolute Gasteiger partial charge is 0.327 e. The first kappa shape index (κ1) is 10.5. The van der Waals surface area contributed by atoms with E-state index in [1.54, 1.807) is 0 Å². The van der Waals surface area contributed by atoms with E-state index in [9.17, 15) is 0 Å². The van der Waals surface area contributed by atoms with Crippen LogP contribution in [0.1, 0.15) is 52.9 Å². The Hall–Kier alpha value is -0.0400. The van der Waals surface area contributed by atoms with Crippen LogP contribution in [0.5, 0.6) is 0 Å². The summed E-state index contributed by atoms with van der Waals surface area (Å²) < 4.78 is 0. The fourth-order valence-corrected chi connectivity index (χ4v) is 3.01. The highest BCUT2D eigenvalue weighted by molar-refractivity contribution is 5.01. The molecule has 0 saturated heterocycles. The van der Waals surface area contributed by atoms with Gasteiger partial charge >= 0.3 is 0 Å². The summed E-state index contributed by atoms with van der Waals surface area (Å²) in [5, 5.41) is 0. The van der Waals surface area contributed by atoms with Gasteiger partial charge < -0.3 is 5.73 Å². The minimum absolute atomic E-state index is 0.484.